The Kier molecular flexibility index (Phi) is 2.75. The number of hydrogen-bond donors (Lipinski definition) is 0. The molecule has 2 bridgehead atoms. The highest BCUT2D eigenvalue weighted by molar-refractivity contribution is 5.79. The number of carbonyl (C=O) groups is 1. The molecule has 0 aromatic carbocycles. The largest absolute Gasteiger partial charge is 0.342 e. The minimum atomic E-state index is 0.327. The summed E-state index contributed by atoms with van der Waals surface area (Å²) in [7, 11) is 2.18. The van der Waals surface area contributed by atoms with E-state index in [9.17, 15) is 4.79 Å². The van der Waals surface area contributed by atoms with Gasteiger partial charge >= 0.3 is 0 Å². The first-order valence-electron chi connectivity index (χ1n) is 9.19. The van der Waals surface area contributed by atoms with Gasteiger partial charge < -0.3 is 9.80 Å². The molecule has 2 heterocycles. The van der Waals surface area contributed by atoms with Gasteiger partial charge in [0.15, 0.2) is 0 Å². The molecular weight excluding hydrogens is 260 g/mol. The van der Waals surface area contributed by atoms with Gasteiger partial charge in [0.25, 0.3) is 0 Å². The summed E-state index contributed by atoms with van der Waals surface area (Å²) < 4.78 is 0. The van der Waals surface area contributed by atoms with E-state index in [1.807, 2.05) is 0 Å². The van der Waals surface area contributed by atoms with Crippen molar-refractivity contribution in [3.8, 4) is 0 Å². The van der Waals surface area contributed by atoms with E-state index in [-0.39, 0.29) is 0 Å². The number of likely N-dealkylation sites (tertiary alicyclic amines) is 2. The summed E-state index contributed by atoms with van der Waals surface area (Å²) in [5.74, 6) is 6.71. The van der Waals surface area contributed by atoms with Gasteiger partial charge in [0.2, 0.25) is 5.91 Å². The average Bonchev–Trinajstić information content (AvgIpc) is 3.20. The lowest BCUT2D eigenvalue weighted by Gasteiger charge is -2.44. The van der Waals surface area contributed by atoms with Crippen LogP contribution in [-0.2, 0) is 4.79 Å². The lowest BCUT2D eigenvalue weighted by molar-refractivity contribution is -0.136. The van der Waals surface area contributed by atoms with Crippen LogP contribution >= 0.6 is 0 Å². The first kappa shape index (κ1) is 12.9. The molecule has 4 saturated carbocycles. The molecule has 4 aliphatic carbocycles. The van der Waals surface area contributed by atoms with E-state index >= 15 is 0 Å². The molecule has 2 aliphatic heterocycles. The molecule has 0 aromatic heterocycles. The second kappa shape index (κ2) is 4.47. The maximum atomic E-state index is 12.9. The van der Waals surface area contributed by atoms with Crippen molar-refractivity contribution in [2.24, 2.45) is 41.4 Å². The average molecular weight is 288 g/mol. The number of piperidine rings is 1. The van der Waals surface area contributed by atoms with Crippen molar-refractivity contribution in [2.75, 3.05) is 33.2 Å². The molecule has 6 unspecified atom stereocenters. The predicted octanol–water partition coefficient (Wildman–Crippen LogP) is 2.08. The Morgan fingerprint density at radius 1 is 0.810 bits per heavy atom. The van der Waals surface area contributed by atoms with E-state index in [2.05, 4.69) is 16.8 Å². The van der Waals surface area contributed by atoms with Crippen LogP contribution in [0.25, 0.3) is 0 Å². The van der Waals surface area contributed by atoms with Gasteiger partial charge in [-0.05, 0) is 87.7 Å². The van der Waals surface area contributed by atoms with Crippen molar-refractivity contribution in [1.82, 2.24) is 9.80 Å². The fourth-order valence-electron chi connectivity index (χ4n) is 6.55. The third-order valence-electron chi connectivity index (χ3n) is 7.72. The first-order valence-corrected chi connectivity index (χ1v) is 9.19. The Bertz CT molecular complexity index is 432. The molecule has 3 nitrogen and oxygen atoms in total. The van der Waals surface area contributed by atoms with Gasteiger partial charge in [-0.25, -0.2) is 0 Å². The van der Waals surface area contributed by atoms with Crippen LogP contribution in [0.4, 0.5) is 0 Å². The molecule has 3 heteroatoms. The van der Waals surface area contributed by atoms with E-state index in [1.54, 1.807) is 0 Å². The monoisotopic (exact) mass is 288 g/mol. The van der Waals surface area contributed by atoms with E-state index in [4.69, 9.17) is 0 Å². The SMILES string of the molecule is CN1CCC(C(=O)N2CC3C4CCC(C5CC45)C3C2)CC1. The number of nitrogens with zero attached hydrogens (tertiary/aromatic N) is 2. The van der Waals surface area contributed by atoms with Gasteiger partial charge in [0.05, 0.1) is 0 Å². The number of hydrogen-bond acceptors (Lipinski definition) is 2. The van der Waals surface area contributed by atoms with Gasteiger partial charge in [-0.1, -0.05) is 0 Å². The van der Waals surface area contributed by atoms with Crippen LogP contribution < -0.4 is 0 Å². The van der Waals surface area contributed by atoms with Crippen molar-refractivity contribution >= 4 is 5.91 Å². The van der Waals surface area contributed by atoms with Gasteiger partial charge in [-0.2, -0.15) is 0 Å². The minimum Gasteiger partial charge on any atom is -0.342 e. The Labute approximate surface area is 128 Å². The molecule has 6 rings (SSSR count). The van der Waals surface area contributed by atoms with Gasteiger partial charge in [-0.3, -0.25) is 4.79 Å². The fraction of sp³-hybridized carbons (Fsp3) is 0.944. The van der Waals surface area contributed by atoms with E-state index < -0.39 is 0 Å². The van der Waals surface area contributed by atoms with Crippen LogP contribution in [-0.4, -0.2) is 48.9 Å². The van der Waals surface area contributed by atoms with Crippen LogP contribution in [0.15, 0.2) is 0 Å². The summed E-state index contributed by atoms with van der Waals surface area (Å²) in [4.78, 5) is 17.5. The number of amides is 1. The summed E-state index contributed by atoms with van der Waals surface area (Å²) in [6, 6.07) is 0. The molecule has 116 valence electrons. The zero-order valence-electron chi connectivity index (χ0n) is 13.2. The highest BCUT2D eigenvalue weighted by Crippen LogP contribution is 2.67. The lowest BCUT2D eigenvalue weighted by atomic mass is 9.60. The highest BCUT2D eigenvalue weighted by atomic mass is 16.2. The Morgan fingerprint density at radius 3 is 1.95 bits per heavy atom. The quantitative estimate of drug-likeness (QED) is 0.737. The summed E-state index contributed by atoms with van der Waals surface area (Å²) in [5.41, 5.74) is 0. The predicted molar refractivity (Wildman–Crippen MR) is 81.6 cm³/mol. The summed E-state index contributed by atoms with van der Waals surface area (Å²) in [6.45, 7) is 4.43. The molecule has 0 N–H and O–H groups in total. The second-order valence-corrected chi connectivity index (χ2v) is 8.62. The molecule has 21 heavy (non-hydrogen) atoms. The molecule has 1 amide bonds. The molecule has 6 aliphatic rings. The maximum absolute atomic E-state index is 12.9. The second-order valence-electron chi connectivity index (χ2n) is 8.62. The van der Waals surface area contributed by atoms with E-state index in [0.717, 1.165) is 74.5 Å². The number of carbonyl (C=O) groups excluding carboxylic acids is 1. The minimum absolute atomic E-state index is 0.327. The van der Waals surface area contributed by atoms with Crippen molar-refractivity contribution in [3.63, 3.8) is 0 Å². The summed E-state index contributed by atoms with van der Waals surface area (Å²) in [6.07, 6.45) is 6.65. The fourth-order valence-corrected chi connectivity index (χ4v) is 6.55. The molecule has 0 radical (unpaired) electrons. The maximum Gasteiger partial charge on any atom is 0.225 e. The van der Waals surface area contributed by atoms with Crippen molar-refractivity contribution in [1.29, 1.82) is 0 Å². The highest BCUT2D eigenvalue weighted by Gasteiger charge is 2.63. The van der Waals surface area contributed by atoms with Gasteiger partial charge in [0, 0.05) is 19.0 Å². The Balaban J connectivity index is 1.29. The van der Waals surface area contributed by atoms with Crippen molar-refractivity contribution < 1.29 is 4.79 Å². The summed E-state index contributed by atoms with van der Waals surface area (Å²) >= 11 is 0. The summed E-state index contributed by atoms with van der Waals surface area (Å²) in [5, 5.41) is 0. The van der Waals surface area contributed by atoms with E-state index in [0.29, 0.717) is 11.8 Å². The van der Waals surface area contributed by atoms with Crippen molar-refractivity contribution in [3.05, 3.63) is 0 Å². The van der Waals surface area contributed by atoms with Gasteiger partial charge in [-0.15, -0.1) is 0 Å². The molecule has 6 atom stereocenters. The first-order chi connectivity index (χ1) is 10.2. The Morgan fingerprint density at radius 2 is 1.38 bits per heavy atom. The zero-order valence-corrected chi connectivity index (χ0v) is 13.2. The lowest BCUT2D eigenvalue weighted by Crippen LogP contribution is -2.40. The van der Waals surface area contributed by atoms with Crippen LogP contribution in [0.5, 0.6) is 0 Å². The molecule has 0 aromatic rings. The van der Waals surface area contributed by atoms with Crippen LogP contribution in [0, 0.1) is 41.4 Å². The van der Waals surface area contributed by atoms with E-state index in [1.165, 1.54) is 19.3 Å². The van der Waals surface area contributed by atoms with Gasteiger partial charge in [0.1, 0.15) is 0 Å². The third-order valence-corrected chi connectivity index (χ3v) is 7.72. The molecule has 0 spiro atoms. The van der Waals surface area contributed by atoms with Crippen molar-refractivity contribution in [2.45, 2.75) is 32.1 Å². The smallest absolute Gasteiger partial charge is 0.225 e. The topological polar surface area (TPSA) is 23.6 Å². The molecule has 6 fully saturated rings. The molecule has 2 saturated heterocycles. The normalized spacial score (nSPS) is 49.1. The zero-order chi connectivity index (χ0) is 14.1. The third kappa shape index (κ3) is 1.85. The standard InChI is InChI=1S/C18H28N2O/c1-19-6-4-11(5-7-19)18(21)20-9-16-12-2-3-13(17(16)10-20)15-8-14(12)15/h11-17H,2-10H2,1H3. The Hall–Kier alpha value is -0.570. The van der Waals surface area contributed by atoms with Crippen LogP contribution in [0.3, 0.4) is 0 Å². The van der Waals surface area contributed by atoms with Crippen LogP contribution in [0.1, 0.15) is 32.1 Å². The number of fused-ring (bicyclic) bond motifs is 1. The molecular formula is C18H28N2O. The number of rotatable bonds is 1. The van der Waals surface area contributed by atoms with Crippen LogP contribution in [0.2, 0.25) is 0 Å².